The molecule has 6 aliphatic rings. The zero-order valence-electron chi connectivity index (χ0n) is 32.6. The van der Waals surface area contributed by atoms with Crippen LogP contribution in [0.5, 0.6) is 23.0 Å². The van der Waals surface area contributed by atoms with Gasteiger partial charge in [0, 0.05) is 12.4 Å². The van der Waals surface area contributed by atoms with Crippen LogP contribution in [0, 0.1) is 0 Å². The Balaban J connectivity index is 0.000000176. The van der Waals surface area contributed by atoms with Crippen molar-refractivity contribution < 1.29 is 127 Å². The van der Waals surface area contributed by atoms with Crippen LogP contribution in [0.15, 0.2) is 49.3 Å². The van der Waals surface area contributed by atoms with Gasteiger partial charge in [-0.1, -0.05) is 36.6 Å². The maximum Gasteiger partial charge on any atom is 1.00 e. The van der Waals surface area contributed by atoms with Crippen molar-refractivity contribution in [3.8, 4) is 23.0 Å². The Hall–Kier alpha value is -4.09. The molecule has 2 saturated carbocycles. The number of carboxylic acid groups (broad SMARTS) is 2. The maximum absolute atomic E-state index is 12.2. The number of rotatable bonds is 10. The minimum Gasteiger partial charge on any atom is -0.669 e. The summed E-state index contributed by atoms with van der Waals surface area (Å²) in [7, 11) is 0. The fourth-order valence-corrected chi connectivity index (χ4v) is 8.33. The van der Waals surface area contributed by atoms with Gasteiger partial charge in [0.05, 0.1) is 74.6 Å². The van der Waals surface area contributed by atoms with Gasteiger partial charge < -0.3 is 68.9 Å². The Morgan fingerprint density at radius 2 is 1.05 bits per heavy atom. The number of aromatic nitrogens is 4. The summed E-state index contributed by atoms with van der Waals surface area (Å²) in [5.41, 5.74) is 2.17. The molecular weight excluding hydrogens is 808 g/mol. The van der Waals surface area contributed by atoms with Gasteiger partial charge in [0.15, 0.2) is 0 Å². The molecule has 0 bridgehead atoms. The monoisotopic (exact) mass is 846 g/mol. The number of nitrogens with zero attached hydrogens (tertiary/aromatic N) is 4. The van der Waals surface area contributed by atoms with Crippen LogP contribution in [0.1, 0.15) is 67.9 Å². The summed E-state index contributed by atoms with van der Waals surface area (Å²) in [4.78, 5) is 65.0. The van der Waals surface area contributed by atoms with Gasteiger partial charge >= 0.3 is 84.6 Å². The van der Waals surface area contributed by atoms with Crippen molar-refractivity contribution in [1.29, 1.82) is 0 Å². The molecule has 24 heteroatoms. The van der Waals surface area contributed by atoms with Gasteiger partial charge in [-0.3, -0.25) is 9.59 Å². The van der Waals surface area contributed by atoms with Crippen LogP contribution >= 0.6 is 0 Å². The Morgan fingerprint density at radius 3 is 1.38 bits per heavy atom. The fourth-order valence-electron chi connectivity index (χ4n) is 8.33. The minimum absolute atomic E-state index is 0. The molecule has 4 atom stereocenters. The molecule has 0 radical (unpaired) electrons. The first-order valence-electron chi connectivity index (χ1n) is 18.9. The summed E-state index contributed by atoms with van der Waals surface area (Å²) in [5.74, 6) is -3.62. The number of nitrogens with one attached hydrogen (secondary N) is 2. The van der Waals surface area contributed by atoms with Gasteiger partial charge in [-0.25, -0.2) is 19.6 Å². The van der Waals surface area contributed by atoms with Crippen molar-refractivity contribution in [2.45, 2.75) is 61.4 Å². The zero-order chi connectivity index (χ0) is 40.7. The second-order valence-electron chi connectivity index (χ2n) is 15.6. The summed E-state index contributed by atoms with van der Waals surface area (Å²) >= 11 is 0. The Labute approximate surface area is 385 Å². The van der Waals surface area contributed by atoms with Crippen LogP contribution in [-0.4, -0.2) is 136 Å². The molecule has 4 fully saturated rings. The summed E-state index contributed by atoms with van der Waals surface area (Å²) in [6, 6.07) is 6.58. The van der Waals surface area contributed by atoms with E-state index in [1.807, 2.05) is 0 Å². The average molecular weight is 846 g/mol. The molecule has 4 aliphatic heterocycles. The van der Waals surface area contributed by atoms with Crippen LogP contribution in [0.4, 0.5) is 0 Å². The largest absolute Gasteiger partial charge is 1.00 e. The van der Waals surface area contributed by atoms with Crippen LogP contribution in [0.25, 0.3) is 0 Å². The molecule has 60 heavy (non-hydrogen) atoms. The molecule has 4 aromatic rings. The van der Waals surface area contributed by atoms with E-state index >= 15 is 0 Å². The van der Waals surface area contributed by atoms with Crippen molar-refractivity contribution in [3.63, 3.8) is 0 Å². The summed E-state index contributed by atoms with van der Waals surface area (Å²) in [6.45, 7) is -4.84. The maximum atomic E-state index is 12.2. The smallest absolute Gasteiger partial charge is 0.669 e. The predicted molar refractivity (Wildman–Crippen MR) is 197 cm³/mol. The molecule has 2 amide bonds. The van der Waals surface area contributed by atoms with Gasteiger partial charge in [-0.05, 0) is 35.1 Å². The van der Waals surface area contributed by atoms with E-state index in [1.54, 1.807) is 46.5 Å². The number of likely N-dealkylation sites (tertiary alicyclic amines) is 2. The van der Waals surface area contributed by atoms with Crippen LogP contribution in [0.3, 0.4) is 0 Å². The fraction of sp³-hybridized carbons (Fsp3) is 0.389. The van der Waals surface area contributed by atoms with Crippen LogP contribution < -0.4 is 77.9 Å². The summed E-state index contributed by atoms with van der Waals surface area (Å²) in [5, 5.41) is 59.7. The molecule has 0 unspecified atom stereocenters. The number of carbonyl (C=O) groups excluding carboxylic acids is 2. The molecule has 6 heterocycles. The number of fused-ring (bicyclic) bond motifs is 6. The first kappa shape index (κ1) is 44.0. The molecule has 304 valence electrons. The van der Waals surface area contributed by atoms with Crippen molar-refractivity contribution >= 4 is 37.3 Å². The zero-order valence-corrected chi connectivity index (χ0v) is 36.6. The number of imidazole rings is 2. The Kier molecular flexibility index (Phi) is 12.2. The summed E-state index contributed by atoms with van der Waals surface area (Å²) in [6.07, 6.45) is 7.09. The van der Waals surface area contributed by atoms with E-state index in [-0.39, 0.29) is 142 Å². The third kappa shape index (κ3) is 8.42. The molecule has 0 spiro atoms. The van der Waals surface area contributed by atoms with E-state index in [1.165, 1.54) is 12.7 Å². The van der Waals surface area contributed by atoms with Crippen LogP contribution in [0.2, 0.25) is 11.6 Å². The Morgan fingerprint density at radius 1 is 0.667 bits per heavy atom. The Bertz CT molecular complexity index is 2150. The number of hydrogen-bond acceptors (Lipinski definition) is 14. The predicted octanol–water partition coefficient (Wildman–Crippen LogP) is -5.76. The quantitative estimate of drug-likeness (QED) is 0.0690. The second-order valence-corrected chi connectivity index (χ2v) is 15.6. The van der Waals surface area contributed by atoms with E-state index in [0.29, 0.717) is 61.5 Å². The topological polar surface area (TPSA) is 290 Å². The number of hydrogen-bond donors (Lipinski definition) is 8. The molecular formula is C36H38B2N6Na2O14. The third-order valence-corrected chi connectivity index (χ3v) is 11.7. The number of H-pyrrole nitrogens is 2. The summed E-state index contributed by atoms with van der Waals surface area (Å²) < 4.78 is 22.2. The first-order chi connectivity index (χ1) is 27.7. The van der Waals surface area contributed by atoms with E-state index in [9.17, 15) is 49.5 Å². The van der Waals surface area contributed by atoms with Crippen LogP contribution in [-0.2, 0) is 22.4 Å². The SMILES string of the molecule is O=C(O)c1c(OC2CN(C(=O)Cc3c[nH]cn3)C2)ccc2c1O[B-](O)(O)[C@H]1C[C@@H]21.O=C(O)c1c(OC2CN(C(=O)Cc3c[nH]cn3)C2)ccc2c1O[B-](O)(O)[C@H]1C[C@@H]21.[Na+].[Na+]. The molecule has 2 aliphatic carbocycles. The van der Waals surface area contributed by atoms with Gasteiger partial charge in [0.1, 0.15) is 34.8 Å². The van der Waals surface area contributed by atoms with E-state index in [2.05, 4.69) is 19.9 Å². The second kappa shape index (κ2) is 16.6. The molecule has 2 aromatic heterocycles. The normalized spacial score (nSPS) is 23.2. The standard InChI is InChI=1S/2C18H19BN3O7.2Na/c2*23-15(3-9-5-20-8-21-9)22-6-10(7-22)28-14-2-1-11-12-4-13(12)19(26,27)29-17(11)16(14)18(24)25;;/h2*1-2,5,8,10,12-13,26-27H,3-4,6-7H2,(H,20,21)(H,24,25);;/q2*-1;2*+1/t2*12-,13-;;/m00../s1. The van der Waals surface area contributed by atoms with E-state index < -0.39 is 37.1 Å². The average Bonchev–Trinajstić information content (AvgIpc) is 4.00. The molecule has 10 rings (SSSR count). The number of amides is 2. The molecule has 2 saturated heterocycles. The number of benzene rings is 2. The van der Waals surface area contributed by atoms with Crippen molar-refractivity contribution in [2.75, 3.05) is 26.2 Å². The number of aromatic carboxylic acids is 2. The number of carbonyl (C=O) groups is 4. The minimum atomic E-state index is -3.08. The molecule has 20 nitrogen and oxygen atoms in total. The number of aromatic amines is 2. The van der Waals surface area contributed by atoms with Gasteiger partial charge in [-0.2, -0.15) is 0 Å². The third-order valence-electron chi connectivity index (χ3n) is 11.7. The number of carboxylic acids is 2. The van der Waals surface area contributed by atoms with Gasteiger partial charge in [-0.15, -0.1) is 0 Å². The van der Waals surface area contributed by atoms with Crippen molar-refractivity contribution in [3.05, 3.63) is 83.0 Å². The first-order valence-corrected chi connectivity index (χ1v) is 18.9. The molecule has 2 aromatic carbocycles. The van der Waals surface area contributed by atoms with Gasteiger partial charge in [0.2, 0.25) is 11.8 Å². The van der Waals surface area contributed by atoms with E-state index in [4.69, 9.17) is 18.8 Å². The van der Waals surface area contributed by atoms with Crippen molar-refractivity contribution in [2.24, 2.45) is 0 Å². The van der Waals surface area contributed by atoms with E-state index in [0.717, 1.165) is 0 Å². The van der Waals surface area contributed by atoms with Crippen molar-refractivity contribution in [1.82, 2.24) is 29.7 Å². The molecule has 8 N–H and O–H groups in total. The number of ether oxygens (including phenoxy) is 2. The van der Waals surface area contributed by atoms with Gasteiger partial charge in [0.25, 0.3) is 0 Å².